The van der Waals surface area contributed by atoms with Gasteiger partial charge in [0.05, 0.1) is 28.0 Å². The Morgan fingerprint density at radius 1 is 1.09 bits per heavy atom. The number of fused-ring (bicyclic) bond motifs is 2. The zero-order valence-electron chi connectivity index (χ0n) is 17.0. The molecule has 34 heavy (non-hydrogen) atoms. The molecular weight excluding hydrogens is 468 g/mol. The molecule has 2 aromatic heterocycles. The Hall–Kier alpha value is -4.50. The molecule has 0 aliphatic carbocycles. The molecule has 0 bridgehead atoms. The molecule has 2 aromatic carbocycles. The molecule has 0 saturated carbocycles. The molecule has 170 valence electrons. The van der Waals surface area contributed by atoms with Gasteiger partial charge in [-0.05, 0) is 36.4 Å². The number of halogens is 2. The summed E-state index contributed by atoms with van der Waals surface area (Å²) < 4.78 is 62.3. The van der Waals surface area contributed by atoms with Gasteiger partial charge < -0.3 is 10.1 Å². The minimum atomic E-state index is -4.29. The van der Waals surface area contributed by atoms with Crippen molar-refractivity contribution in [3.63, 3.8) is 0 Å². The summed E-state index contributed by atoms with van der Waals surface area (Å²) in [4.78, 5) is 15.3. The number of amides is 1. The lowest BCUT2D eigenvalue weighted by atomic mass is 10.1. The van der Waals surface area contributed by atoms with Crippen LogP contribution in [0.2, 0.25) is 0 Å². The van der Waals surface area contributed by atoms with Crippen molar-refractivity contribution < 1.29 is 26.7 Å². The van der Waals surface area contributed by atoms with Crippen molar-refractivity contribution in [1.82, 2.24) is 15.2 Å². The van der Waals surface area contributed by atoms with E-state index in [1.165, 1.54) is 30.6 Å². The van der Waals surface area contributed by atoms with Gasteiger partial charge in [0.15, 0.2) is 18.1 Å². The van der Waals surface area contributed by atoms with Gasteiger partial charge in [0.2, 0.25) is 0 Å². The van der Waals surface area contributed by atoms with Gasteiger partial charge in [-0.2, -0.15) is 5.10 Å². The topological polar surface area (TPSA) is 126 Å². The smallest absolute Gasteiger partial charge is 0.262 e. The molecule has 0 atom stereocenters. The molecule has 12 heteroatoms. The van der Waals surface area contributed by atoms with Crippen molar-refractivity contribution in [1.29, 1.82) is 0 Å². The van der Waals surface area contributed by atoms with E-state index in [4.69, 9.17) is 4.74 Å². The van der Waals surface area contributed by atoms with Crippen molar-refractivity contribution in [2.45, 2.75) is 4.90 Å². The summed E-state index contributed by atoms with van der Waals surface area (Å²) in [5, 5.41) is 9.68. The van der Waals surface area contributed by atoms with E-state index in [1.807, 2.05) is 0 Å². The third-order valence-corrected chi connectivity index (χ3v) is 6.22. The van der Waals surface area contributed by atoms with Crippen LogP contribution >= 0.6 is 0 Å². The lowest BCUT2D eigenvalue weighted by Crippen LogP contribution is -2.25. The number of rotatable bonds is 3. The minimum Gasteiger partial charge on any atom is -0.482 e. The highest BCUT2D eigenvalue weighted by atomic mass is 32.2. The fourth-order valence-electron chi connectivity index (χ4n) is 3.22. The average molecular weight is 481 g/mol. The molecule has 1 amide bonds. The number of anilines is 2. The van der Waals surface area contributed by atoms with Gasteiger partial charge >= 0.3 is 0 Å². The summed E-state index contributed by atoms with van der Waals surface area (Å²) >= 11 is 0. The molecule has 0 saturated heterocycles. The Morgan fingerprint density at radius 3 is 2.79 bits per heavy atom. The largest absolute Gasteiger partial charge is 0.482 e. The number of pyridine rings is 1. The van der Waals surface area contributed by atoms with Gasteiger partial charge in [0, 0.05) is 17.1 Å². The van der Waals surface area contributed by atoms with E-state index < -0.39 is 38.8 Å². The summed E-state index contributed by atoms with van der Waals surface area (Å²) in [7, 11) is -4.29. The standard InChI is InChI=1S/C22H13F2N5O4S/c23-16-4-5-17(21(24)15(16)3-1-12-7-13-10-26-28-22(13)25-9-12)29-34(31,32)14-2-6-19-18(8-14)27-20(30)11-33-19/h2,4-10,29H,11H2,(H,27,30)(H,25,26,28). The Balaban J connectivity index is 1.46. The van der Waals surface area contributed by atoms with Crippen LogP contribution < -0.4 is 14.8 Å². The van der Waals surface area contributed by atoms with Crippen LogP contribution in [-0.2, 0) is 14.8 Å². The molecule has 3 N–H and O–H groups in total. The van der Waals surface area contributed by atoms with Gasteiger partial charge in [-0.25, -0.2) is 22.2 Å². The Kier molecular flexibility index (Phi) is 5.10. The van der Waals surface area contributed by atoms with Crippen molar-refractivity contribution in [3.05, 3.63) is 71.6 Å². The van der Waals surface area contributed by atoms with E-state index in [-0.39, 0.29) is 17.2 Å². The number of carbonyl (C=O) groups excluding carboxylic acids is 1. The highest BCUT2D eigenvalue weighted by Gasteiger charge is 2.23. The summed E-state index contributed by atoms with van der Waals surface area (Å²) in [6.45, 7) is -0.187. The molecule has 0 unspecified atom stereocenters. The van der Waals surface area contributed by atoms with Gasteiger partial charge in [-0.1, -0.05) is 11.8 Å². The second kappa shape index (κ2) is 8.13. The SMILES string of the molecule is O=C1COc2ccc(S(=O)(=O)Nc3ccc(F)c(C#Cc4cnc5[nH]ncc5c4)c3F)cc2N1. The maximum absolute atomic E-state index is 15.0. The molecule has 1 aliphatic heterocycles. The molecular formula is C22H13F2N5O4S. The highest BCUT2D eigenvalue weighted by Crippen LogP contribution is 2.31. The Bertz CT molecular complexity index is 1640. The minimum absolute atomic E-state index is 0.161. The summed E-state index contributed by atoms with van der Waals surface area (Å²) in [6, 6.07) is 7.28. The number of carbonyl (C=O) groups is 1. The monoisotopic (exact) mass is 481 g/mol. The van der Waals surface area contributed by atoms with Crippen LogP contribution in [0.1, 0.15) is 11.1 Å². The third-order valence-electron chi connectivity index (χ3n) is 4.85. The molecule has 5 rings (SSSR count). The number of H-pyrrole nitrogens is 1. The molecule has 0 spiro atoms. The van der Waals surface area contributed by atoms with E-state index in [1.54, 1.807) is 6.07 Å². The van der Waals surface area contributed by atoms with E-state index >= 15 is 4.39 Å². The zero-order chi connectivity index (χ0) is 23.9. The van der Waals surface area contributed by atoms with Gasteiger partial charge in [0.25, 0.3) is 15.9 Å². The average Bonchev–Trinajstić information content (AvgIpc) is 3.28. The van der Waals surface area contributed by atoms with E-state index in [0.717, 1.165) is 12.1 Å². The summed E-state index contributed by atoms with van der Waals surface area (Å²) in [5.41, 5.74) is -0.0243. The molecule has 9 nitrogen and oxygen atoms in total. The number of nitrogens with one attached hydrogen (secondary N) is 3. The normalized spacial score (nSPS) is 12.8. The molecule has 1 aliphatic rings. The first-order chi connectivity index (χ1) is 16.3. The van der Waals surface area contributed by atoms with Crippen molar-refractivity contribution in [2.75, 3.05) is 16.6 Å². The quantitative estimate of drug-likeness (QED) is 0.387. The van der Waals surface area contributed by atoms with Crippen molar-refractivity contribution in [2.24, 2.45) is 0 Å². The van der Waals surface area contributed by atoms with Gasteiger partial charge in [0.1, 0.15) is 11.6 Å². The first-order valence-electron chi connectivity index (χ1n) is 9.69. The maximum atomic E-state index is 15.0. The van der Waals surface area contributed by atoms with Crippen LogP contribution in [0.3, 0.4) is 0 Å². The number of sulfonamides is 1. The number of hydrogen-bond acceptors (Lipinski definition) is 6. The Labute approximate surface area is 191 Å². The van der Waals surface area contributed by atoms with E-state index in [0.29, 0.717) is 22.3 Å². The third kappa shape index (κ3) is 4.00. The molecule has 3 heterocycles. The number of hydrogen-bond donors (Lipinski definition) is 3. The molecule has 0 fully saturated rings. The van der Waals surface area contributed by atoms with Crippen molar-refractivity contribution >= 4 is 38.3 Å². The highest BCUT2D eigenvalue weighted by molar-refractivity contribution is 7.92. The van der Waals surface area contributed by atoms with Crippen LogP contribution in [0.15, 0.2) is 53.7 Å². The first kappa shape index (κ1) is 21.4. The van der Waals surface area contributed by atoms with Crippen LogP contribution in [0.4, 0.5) is 20.2 Å². The Morgan fingerprint density at radius 2 is 1.94 bits per heavy atom. The maximum Gasteiger partial charge on any atom is 0.262 e. The first-order valence-corrected chi connectivity index (χ1v) is 11.2. The number of benzene rings is 2. The van der Waals surface area contributed by atoms with E-state index in [2.05, 4.69) is 37.1 Å². The zero-order valence-corrected chi connectivity index (χ0v) is 17.8. The predicted molar refractivity (Wildman–Crippen MR) is 118 cm³/mol. The summed E-state index contributed by atoms with van der Waals surface area (Å²) in [6.07, 6.45) is 2.94. The summed E-state index contributed by atoms with van der Waals surface area (Å²) in [5.74, 6) is 2.74. The fourth-order valence-corrected chi connectivity index (χ4v) is 4.30. The fraction of sp³-hybridized carbons (Fsp3) is 0.0455. The molecule has 4 aromatic rings. The van der Waals surface area contributed by atoms with Crippen LogP contribution in [0.25, 0.3) is 11.0 Å². The van der Waals surface area contributed by atoms with Crippen LogP contribution in [0.5, 0.6) is 5.75 Å². The van der Waals surface area contributed by atoms with Crippen LogP contribution in [0, 0.1) is 23.5 Å². The van der Waals surface area contributed by atoms with Gasteiger partial charge in [-0.3, -0.25) is 14.6 Å². The lowest BCUT2D eigenvalue weighted by Gasteiger charge is -2.18. The second-order valence-electron chi connectivity index (χ2n) is 7.17. The van der Waals surface area contributed by atoms with Crippen molar-refractivity contribution in [3.8, 4) is 17.6 Å². The predicted octanol–water partition coefficient (Wildman–Crippen LogP) is 2.77. The lowest BCUT2D eigenvalue weighted by molar-refractivity contribution is -0.118. The number of aromatic amines is 1. The van der Waals surface area contributed by atoms with Crippen LogP contribution in [-0.4, -0.2) is 36.1 Å². The van der Waals surface area contributed by atoms with Gasteiger partial charge in [-0.15, -0.1) is 0 Å². The van der Waals surface area contributed by atoms with E-state index in [9.17, 15) is 17.6 Å². The number of ether oxygens (including phenoxy) is 1. The molecule has 0 radical (unpaired) electrons. The number of aromatic nitrogens is 3. The second-order valence-corrected chi connectivity index (χ2v) is 8.85. The number of nitrogens with zero attached hydrogens (tertiary/aromatic N) is 2.